The zero-order valence-electron chi connectivity index (χ0n) is 18.3. The lowest BCUT2D eigenvalue weighted by Gasteiger charge is -2.34. The molecule has 0 radical (unpaired) electrons. The Morgan fingerprint density at radius 3 is 2.48 bits per heavy atom. The van der Waals surface area contributed by atoms with Crippen LogP contribution in [0.25, 0.3) is 5.69 Å². The van der Waals surface area contributed by atoms with Crippen molar-refractivity contribution < 1.29 is 18.1 Å². The molecule has 2 heterocycles. The standard InChI is InChI=1S/C22H23N5O5S/c1-14-9-10-18(13-19(14)27(29)30)33(31,32)25-12-11-23-22(28)21(25)20-15(2)24-26(16(20)3)17-7-5-4-6-8-17/h4-10,13,21H,11-12H2,1-3H3,(H,23,28). The molecular formula is C22H23N5O5S. The van der Waals surface area contributed by atoms with Gasteiger partial charge in [-0.1, -0.05) is 24.3 Å². The molecule has 1 atom stereocenters. The second-order valence-corrected chi connectivity index (χ2v) is 9.74. The normalized spacial score (nSPS) is 17.1. The van der Waals surface area contributed by atoms with Crippen LogP contribution in [0.15, 0.2) is 53.4 Å². The molecule has 0 bridgehead atoms. The highest BCUT2D eigenvalue weighted by atomic mass is 32.2. The molecular weight excluding hydrogens is 446 g/mol. The fraction of sp³-hybridized carbons (Fsp3) is 0.273. The predicted octanol–water partition coefficient (Wildman–Crippen LogP) is 2.57. The molecule has 1 amide bonds. The van der Waals surface area contributed by atoms with Gasteiger partial charge in [-0.15, -0.1) is 0 Å². The lowest BCUT2D eigenvalue weighted by Crippen LogP contribution is -2.52. The number of piperazine rings is 1. The van der Waals surface area contributed by atoms with Gasteiger partial charge in [0.05, 0.1) is 21.2 Å². The Labute approximate surface area is 191 Å². The minimum Gasteiger partial charge on any atom is -0.353 e. The Kier molecular flexibility index (Phi) is 5.76. The summed E-state index contributed by atoms with van der Waals surface area (Å²) in [5, 5.41) is 18.7. The van der Waals surface area contributed by atoms with Crippen LogP contribution >= 0.6 is 0 Å². The van der Waals surface area contributed by atoms with Crippen LogP contribution < -0.4 is 5.32 Å². The number of carbonyl (C=O) groups excluding carboxylic acids is 1. The molecule has 2 aromatic carbocycles. The van der Waals surface area contributed by atoms with Crippen molar-refractivity contribution in [3.63, 3.8) is 0 Å². The number of nitrogens with one attached hydrogen (secondary N) is 1. The molecule has 0 saturated carbocycles. The number of nitrogens with zero attached hydrogens (tertiary/aromatic N) is 4. The van der Waals surface area contributed by atoms with E-state index in [9.17, 15) is 23.3 Å². The lowest BCUT2D eigenvalue weighted by atomic mass is 10.0. The average Bonchev–Trinajstić information content (AvgIpc) is 3.08. The Morgan fingerprint density at radius 2 is 1.82 bits per heavy atom. The van der Waals surface area contributed by atoms with Crippen molar-refractivity contribution in [3.05, 3.63) is 81.2 Å². The number of hydrogen-bond acceptors (Lipinski definition) is 6. The van der Waals surface area contributed by atoms with E-state index in [0.29, 0.717) is 22.5 Å². The van der Waals surface area contributed by atoms with E-state index in [1.807, 2.05) is 30.3 Å². The maximum absolute atomic E-state index is 13.6. The highest BCUT2D eigenvalue weighted by molar-refractivity contribution is 7.89. The van der Waals surface area contributed by atoms with E-state index in [0.717, 1.165) is 16.1 Å². The van der Waals surface area contributed by atoms with Gasteiger partial charge in [-0.2, -0.15) is 9.40 Å². The quantitative estimate of drug-likeness (QED) is 0.452. The fourth-order valence-electron chi connectivity index (χ4n) is 4.13. The molecule has 0 aliphatic carbocycles. The van der Waals surface area contributed by atoms with Crippen molar-refractivity contribution in [1.29, 1.82) is 0 Å². The third-order valence-electron chi connectivity index (χ3n) is 5.77. The molecule has 10 nitrogen and oxygen atoms in total. The summed E-state index contributed by atoms with van der Waals surface area (Å²) in [6.45, 7) is 5.20. The van der Waals surface area contributed by atoms with E-state index >= 15 is 0 Å². The molecule has 33 heavy (non-hydrogen) atoms. The summed E-state index contributed by atoms with van der Waals surface area (Å²) >= 11 is 0. The molecule has 1 unspecified atom stereocenters. The molecule has 11 heteroatoms. The van der Waals surface area contributed by atoms with Crippen LogP contribution in [-0.2, 0) is 14.8 Å². The van der Waals surface area contributed by atoms with Gasteiger partial charge in [-0.05, 0) is 39.0 Å². The summed E-state index contributed by atoms with van der Waals surface area (Å²) in [7, 11) is -4.22. The number of para-hydroxylation sites is 1. The van der Waals surface area contributed by atoms with E-state index in [2.05, 4.69) is 10.4 Å². The lowest BCUT2D eigenvalue weighted by molar-refractivity contribution is -0.385. The minimum absolute atomic E-state index is 0.0236. The van der Waals surface area contributed by atoms with Gasteiger partial charge in [-0.3, -0.25) is 14.9 Å². The first-order chi connectivity index (χ1) is 15.6. The van der Waals surface area contributed by atoms with Crippen molar-refractivity contribution in [3.8, 4) is 5.69 Å². The maximum atomic E-state index is 13.6. The van der Waals surface area contributed by atoms with Crippen molar-refractivity contribution in [2.24, 2.45) is 0 Å². The third kappa shape index (κ3) is 3.89. The first-order valence-electron chi connectivity index (χ1n) is 10.3. The molecule has 1 fully saturated rings. The Balaban J connectivity index is 1.84. The summed E-state index contributed by atoms with van der Waals surface area (Å²) in [4.78, 5) is 23.5. The number of hydrogen-bond donors (Lipinski definition) is 1. The number of rotatable bonds is 5. The van der Waals surface area contributed by atoms with Gasteiger partial charge in [0.1, 0.15) is 6.04 Å². The summed E-state index contributed by atoms with van der Waals surface area (Å²) < 4.78 is 30.0. The number of nitro benzene ring substituents is 1. The van der Waals surface area contributed by atoms with Crippen LogP contribution in [0.2, 0.25) is 0 Å². The maximum Gasteiger partial charge on any atom is 0.273 e. The van der Waals surface area contributed by atoms with Crippen LogP contribution in [0.4, 0.5) is 5.69 Å². The van der Waals surface area contributed by atoms with Gasteiger partial charge >= 0.3 is 0 Å². The number of carbonyl (C=O) groups is 1. The zero-order chi connectivity index (χ0) is 23.9. The number of benzene rings is 2. The van der Waals surface area contributed by atoms with Crippen LogP contribution in [0.3, 0.4) is 0 Å². The zero-order valence-corrected chi connectivity index (χ0v) is 19.2. The molecule has 1 aliphatic heterocycles. The molecule has 1 aliphatic rings. The van der Waals surface area contributed by atoms with Gasteiger partial charge < -0.3 is 5.32 Å². The van der Waals surface area contributed by atoms with Crippen molar-refractivity contribution >= 4 is 21.6 Å². The predicted molar refractivity (Wildman–Crippen MR) is 121 cm³/mol. The van der Waals surface area contributed by atoms with Crippen LogP contribution in [0.5, 0.6) is 0 Å². The molecule has 1 N–H and O–H groups in total. The third-order valence-corrected chi connectivity index (χ3v) is 7.63. The van der Waals surface area contributed by atoms with Gasteiger partial charge in [0.15, 0.2) is 0 Å². The number of aromatic nitrogens is 2. The first-order valence-corrected chi connectivity index (χ1v) is 11.7. The molecule has 4 rings (SSSR count). The van der Waals surface area contributed by atoms with Gasteiger partial charge in [0.25, 0.3) is 5.69 Å². The van der Waals surface area contributed by atoms with Crippen LogP contribution in [0, 0.1) is 30.9 Å². The van der Waals surface area contributed by atoms with Gasteiger partial charge in [-0.25, -0.2) is 13.1 Å². The number of sulfonamides is 1. The molecule has 0 spiro atoms. The Morgan fingerprint density at radius 1 is 1.12 bits per heavy atom. The van der Waals surface area contributed by atoms with Crippen LogP contribution in [0.1, 0.15) is 28.6 Å². The van der Waals surface area contributed by atoms with E-state index in [1.165, 1.54) is 19.1 Å². The number of nitro groups is 1. The number of amides is 1. The monoisotopic (exact) mass is 469 g/mol. The topological polar surface area (TPSA) is 127 Å². The largest absolute Gasteiger partial charge is 0.353 e. The van der Waals surface area contributed by atoms with Gasteiger partial charge in [0, 0.05) is 36.0 Å². The van der Waals surface area contributed by atoms with Gasteiger partial charge in [0.2, 0.25) is 15.9 Å². The summed E-state index contributed by atoms with van der Waals surface area (Å²) in [5.74, 6) is -0.467. The molecule has 172 valence electrons. The van der Waals surface area contributed by atoms with E-state index in [4.69, 9.17) is 0 Å². The summed E-state index contributed by atoms with van der Waals surface area (Å²) in [6, 6.07) is 11.9. The minimum atomic E-state index is -4.22. The second kappa shape index (κ2) is 8.41. The van der Waals surface area contributed by atoms with E-state index in [1.54, 1.807) is 18.5 Å². The SMILES string of the molecule is Cc1ccc(S(=O)(=O)N2CCNC(=O)C2c2c(C)nn(-c3ccccc3)c2C)cc1[N+](=O)[O-]. The van der Waals surface area contributed by atoms with E-state index in [-0.39, 0.29) is 23.7 Å². The molecule has 1 saturated heterocycles. The summed E-state index contributed by atoms with van der Waals surface area (Å²) in [5.41, 5.74) is 2.48. The summed E-state index contributed by atoms with van der Waals surface area (Å²) in [6.07, 6.45) is 0. The second-order valence-electron chi connectivity index (χ2n) is 7.85. The highest BCUT2D eigenvalue weighted by Crippen LogP contribution is 2.35. The Hall–Kier alpha value is -3.57. The number of aryl methyl sites for hydroxylation is 2. The van der Waals surface area contributed by atoms with Crippen molar-refractivity contribution in [1.82, 2.24) is 19.4 Å². The Bertz CT molecular complexity index is 1350. The van der Waals surface area contributed by atoms with Crippen molar-refractivity contribution in [2.75, 3.05) is 13.1 Å². The fourth-order valence-corrected chi connectivity index (χ4v) is 5.71. The molecule has 1 aromatic heterocycles. The smallest absolute Gasteiger partial charge is 0.273 e. The van der Waals surface area contributed by atoms with E-state index < -0.39 is 26.9 Å². The average molecular weight is 470 g/mol. The highest BCUT2D eigenvalue weighted by Gasteiger charge is 2.42. The molecule has 3 aromatic rings. The van der Waals surface area contributed by atoms with Crippen molar-refractivity contribution in [2.45, 2.75) is 31.7 Å². The van der Waals surface area contributed by atoms with Crippen LogP contribution in [-0.4, -0.2) is 46.4 Å². The first kappa shape index (κ1) is 22.6.